The number of rotatable bonds is 5. The van der Waals surface area contributed by atoms with Gasteiger partial charge in [0.05, 0.1) is 24.8 Å². The molecule has 1 N–H and O–H groups in total. The van der Waals surface area contributed by atoms with Gasteiger partial charge in [-0.3, -0.25) is 4.79 Å². The highest BCUT2D eigenvalue weighted by molar-refractivity contribution is 9.10. The SMILES string of the molecule is COc1ccc(OC)c(/C=C/C(=O)c2cc(Br)cc(Cl)c2O)c1. The van der Waals surface area contributed by atoms with Crippen molar-refractivity contribution in [1.82, 2.24) is 0 Å². The van der Waals surface area contributed by atoms with Crippen molar-refractivity contribution in [2.45, 2.75) is 0 Å². The quantitative estimate of drug-likeness (QED) is 0.586. The van der Waals surface area contributed by atoms with Crippen LogP contribution in [-0.2, 0) is 0 Å². The Balaban J connectivity index is 2.35. The molecule has 23 heavy (non-hydrogen) atoms. The molecule has 0 amide bonds. The van der Waals surface area contributed by atoms with E-state index in [-0.39, 0.29) is 22.1 Å². The number of aromatic hydroxyl groups is 1. The molecule has 120 valence electrons. The van der Waals surface area contributed by atoms with Gasteiger partial charge in [-0.25, -0.2) is 0 Å². The van der Waals surface area contributed by atoms with Gasteiger partial charge in [-0.15, -0.1) is 0 Å². The summed E-state index contributed by atoms with van der Waals surface area (Å²) in [6.07, 6.45) is 2.94. The third-order valence-corrected chi connectivity index (χ3v) is 3.89. The van der Waals surface area contributed by atoms with Crippen LogP contribution in [0.4, 0.5) is 0 Å². The molecule has 0 bridgehead atoms. The topological polar surface area (TPSA) is 55.8 Å². The molecule has 0 aliphatic carbocycles. The van der Waals surface area contributed by atoms with Gasteiger partial charge in [-0.05, 0) is 42.5 Å². The van der Waals surface area contributed by atoms with Gasteiger partial charge < -0.3 is 14.6 Å². The number of phenolic OH excluding ortho intramolecular Hbond substituents is 1. The number of ketones is 1. The van der Waals surface area contributed by atoms with Crippen LogP contribution in [0.5, 0.6) is 17.2 Å². The Bertz CT molecular complexity index is 771. The van der Waals surface area contributed by atoms with Gasteiger partial charge in [0.1, 0.15) is 17.2 Å². The monoisotopic (exact) mass is 396 g/mol. The van der Waals surface area contributed by atoms with E-state index in [0.717, 1.165) is 0 Å². The number of halogens is 2. The maximum absolute atomic E-state index is 12.3. The van der Waals surface area contributed by atoms with Crippen molar-refractivity contribution in [2.75, 3.05) is 14.2 Å². The summed E-state index contributed by atoms with van der Waals surface area (Å²) in [7, 11) is 3.10. The Morgan fingerprint density at radius 2 is 1.96 bits per heavy atom. The van der Waals surface area contributed by atoms with Crippen molar-refractivity contribution >= 4 is 39.4 Å². The van der Waals surface area contributed by atoms with Crippen molar-refractivity contribution in [1.29, 1.82) is 0 Å². The minimum Gasteiger partial charge on any atom is -0.506 e. The van der Waals surface area contributed by atoms with Crippen LogP contribution in [0.2, 0.25) is 5.02 Å². The summed E-state index contributed by atoms with van der Waals surface area (Å²) in [5, 5.41) is 10.0. The van der Waals surface area contributed by atoms with E-state index in [1.807, 2.05) is 0 Å². The fourth-order valence-electron chi connectivity index (χ4n) is 1.98. The van der Waals surface area contributed by atoms with Gasteiger partial charge in [-0.1, -0.05) is 27.5 Å². The van der Waals surface area contributed by atoms with Crippen LogP contribution in [0.15, 0.2) is 40.9 Å². The first-order valence-corrected chi connectivity index (χ1v) is 7.75. The van der Waals surface area contributed by atoms with Crippen LogP contribution in [0, 0.1) is 0 Å². The molecule has 2 aromatic rings. The highest BCUT2D eigenvalue weighted by Crippen LogP contribution is 2.32. The lowest BCUT2D eigenvalue weighted by molar-refractivity contribution is 0.104. The average molecular weight is 398 g/mol. The molecule has 2 rings (SSSR count). The molecule has 0 aromatic heterocycles. The second-order valence-electron chi connectivity index (χ2n) is 4.59. The summed E-state index contributed by atoms with van der Waals surface area (Å²) in [4.78, 5) is 12.3. The first-order chi connectivity index (χ1) is 11.0. The number of methoxy groups -OCH3 is 2. The van der Waals surface area contributed by atoms with E-state index in [1.54, 1.807) is 38.5 Å². The molecule has 2 aromatic carbocycles. The van der Waals surface area contributed by atoms with Crippen LogP contribution in [-0.4, -0.2) is 25.1 Å². The van der Waals surface area contributed by atoms with Gasteiger partial charge in [0.15, 0.2) is 5.78 Å². The summed E-state index contributed by atoms with van der Waals surface area (Å²) in [5.74, 6) is 0.621. The smallest absolute Gasteiger partial charge is 0.189 e. The zero-order valence-corrected chi connectivity index (χ0v) is 14.8. The maximum atomic E-state index is 12.3. The van der Waals surface area contributed by atoms with Crippen molar-refractivity contribution < 1.29 is 19.4 Å². The minimum absolute atomic E-state index is 0.107. The standard InChI is InChI=1S/C17H14BrClO4/c1-22-12-4-6-16(23-2)10(7-12)3-5-15(20)13-8-11(18)9-14(19)17(13)21/h3-9,21H,1-2H3/b5-3+. The number of carbonyl (C=O) groups is 1. The fourth-order valence-corrected chi connectivity index (χ4v) is 2.79. The minimum atomic E-state index is -0.379. The number of allylic oxidation sites excluding steroid dienone is 1. The summed E-state index contributed by atoms with van der Waals surface area (Å²) < 4.78 is 11.0. The second kappa shape index (κ2) is 7.53. The lowest BCUT2D eigenvalue weighted by Crippen LogP contribution is -1.96. The molecule has 0 unspecified atom stereocenters. The molecular weight excluding hydrogens is 384 g/mol. The van der Waals surface area contributed by atoms with Gasteiger partial charge in [0, 0.05) is 10.0 Å². The van der Waals surface area contributed by atoms with E-state index < -0.39 is 0 Å². The Hall–Kier alpha value is -1.98. The largest absolute Gasteiger partial charge is 0.506 e. The Kier molecular flexibility index (Phi) is 5.69. The lowest BCUT2D eigenvalue weighted by atomic mass is 10.1. The third-order valence-electron chi connectivity index (χ3n) is 3.14. The summed E-state index contributed by atoms with van der Waals surface area (Å²) in [6.45, 7) is 0. The van der Waals surface area contributed by atoms with Crippen molar-refractivity contribution in [2.24, 2.45) is 0 Å². The predicted octanol–water partition coefficient (Wildman–Crippen LogP) is 4.72. The van der Waals surface area contributed by atoms with Gasteiger partial charge in [0.2, 0.25) is 0 Å². The van der Waals surface area contributed by atoms with Crippen LogP contribution in [0.3, 0.4) is 0 Å². The summed E-state index contributed by atoms with van der Waals surface area (Å²) in [6, 6.07) is 8.28. The second-order valence-corrected chi connectivity index (χ2v) is 5.91. The van der Waals surface area contributed by atoms with E-state index >= 15 is 0 Å². The van der Waals surface area contributed by atoms with Crippen LogP contribution in [0.1, 0.15) is 15.9 Å². The third kappa shape index (κ3) is 4.06. The van der Waals surface area contributed by atoms with E-state index in [2.05, 4.69) is 15.9 Å². The zero-order chi connectivity index (χ0) is 17.0. The molecular formula is C17H14BrClO4. The van der Waals surface area contributed by atoms with Gasteiger partial charge in [0.25, 0.3) is 0 Å². The van der Waals surface area contributed by atoms with E-state index in [4.69, 9.17) is 21.1 Å². The van der Waals surface area contributed by atoms with Gasteiger partial charge in [-0.2, -0.15) is 0 Å². The van der Waals surface area contributed by atoms with Crippen LogP contribution in [0.25, 0.3) is 6.08 Å². The predicted molar refractivity (Wildman–Crippen MR) is 93.7 cm³/mol. The average Bonchev–Trinajstić information content (AvgIpc) is 2.55. The number of hydrogen-bond acceptors (Lipinski definition) is 4. The van der Waals surface area contributed by atoms with Crippen molar-refractivity contribution in [3.8, 4) is 17.2 Å². The molecule has 0 saturated heterocycles. The molecule has 0 fully saturated rings. The Labute approximate surface area is 147 Å². The van der Waals surface area contributed by atoms with E-state index in [1.165, 1.54) is 18.2 Å². The molecule has 0 saturated carbocycles. The molecule has 6 heteroatoms. The molecule has 0 aliphatic rings. The summed E-state index contributed by atoms with van der Waals surface area (Å²) in [5.41, 5.74) is 0.795. The first kappa shape index (κ1) is 17.4. The fraction of sp³-hybridized carbons (Fsp3) is 0.118. The lowest BCUT2D eigenvalue weighted by Gasteiger charge is -2.07. The number of benzene rings is 2. The van der Waals surface area contributed by atoms with E-state index in [0.29, 0.717) is 21.5 Å². The molecule has 0 spiro atoms. The number of phenols is 1. The van der Waals surface area contributed by atoms with Crippen molar-refractivity contribution in [3.05, 3.63) is 57.0 Å². The Morgan fingerprint density at radius 1 is 1.22 bits per heavy atom. The van der Waals surface area contributed by atoms with E-state index in [9.17, 15) is 9.90 Å². The highest BCUT2D eigenvalue weighted by atomic mass is 79.9. The zero-order valence-electron chi connectivity index (χ0n) is 12.5. The normalized spacial score (nSPS) is 10.8. The van der Waals surface area contributed by atoms with Crippen molar-refractivity contribution in [3.63, 3.8) is 0 Å². The number of ether oxygens (including phenoxy) is 2. The molecule has 0 heterocycles. The Morgan fingerprint density at radius 3 is 2.61 bits per heavy atom. The molecule has 0 atom stereocenters. The molecule has 0 aliphatic heterocycles. The van der Waals surface area contributed by atoms with Gasteiger partial charge >= 0.3 is 0 Å². The van der Waals surface area contributed by atoms with Crippen LogP contribution < -0.4 is 9.47 Å². The number of hydrogen-bond donors (Lipinski definition) is 1. The highest BCUT2D eigenvalue weighted by Gasteiger charge is 2.13. The molecule has 0 radical (unpaired) electrons. The maximum Gasteiger partial charge on any atom is 0.189 e. The van der Waals surface area contributed by atoms with Crippen LogP contribution >= 0.6 is 27.5 Å². The molecule has 4 nitrogen and oxygen atoms in total. The number of carbonyl (C=O) groups excluding carboxylic acids is 1. The summed E-state index contributed by atoms with van der Waals surface area (Å²) >= 11 is 9.12. The first-order valence-electron chi connectivity index (χ1n) is 6.58.